The van der Waals surface area contributed by atoms with Gasteiger partial charge in [-0.1, -0.05) is 12.1 Å². The quantitative estimate of drug-likeness (QED) is 0.802. The Labute approximate surface area is 97.9 Å². The van der Waals surface area contributed by atoms with E-state index in [9.17, 15) is 14.7 Å². The summed E-state index contributed by atoms with van der Waals surface area (Å²) in [6, 6.07) is 6.28. The predicted molar refractivity (Wildman–Crippen MR) is 63.4 cm³/mol. The van der Waals surface area contributed by atoms with Crippen LogP contribution in [0.2, 0.25) is 0 Å². The molecule has 17 heavy (non-hydrogen) atoms. The molecule has 1 aromatic heterocycles. The van der Waals surface area contributed by atoms with E-state index in [1.165, 1.54) is 26.0 Å². The van der Waals surface area contributed by atoms with Gasteiger partial charge in [-0.25, -0.2) is 4.98 Å². The van der Waals surface area contributed by atoms with Gasteiger partial charge in [0.2, 0.25) is 0 Å². The maximum absolute atomic E-state index is 11.5. The van der Waals surface area contributed by atoms with E-state index in [1.807, 2.05) is 0 Å². The molecule has 4 nitrogen and oxygen atoms in total. The number of rotatable bonds is 2. The molecule has 0 radical (unpaired) electrons. The molecule has 0 unspecified atom stereocenters. The highest BCUT2D eigenvalue weighted by molar-refractivity contribution is 6.09. The fourth-order valence-corrected chi connectivity index (χ4v) is 1.70. The largest absolute Gasteiger partial charge is 0.506 e. The van der Waals surface area contributed by atoms with Gasteiger partial charge in [-0.2, -0.15) is 0 Å². The van der Waals surface area contributed by atoms with Gasteiger partial charge in [-0.05, 0) is 19.1 Å². The van der Waals surface area contributed by atoms with Crippen molar-refractivity contribution in [1.82, 2.24) is 4.98 Å². The number of benzene rings is 1. The Kier molecular flexibility index (Phi) is 2.63. The highest BCUT2D eigenvalue weighted by atomic mass is 16.3. The van der Waals surface area contributed by atoms with Crippen molar-refractivity contribution < 1.29 is 14.7 Å². The Morgan fingerprint density at radius 3 is 2.47 bits per heavy atom. The van der Waals surface area contributed by atoms with E-state index in [0.717, 1.165) is 0 Å². The van der Waals surface area contributed by atoms with Crippen LogP contribution in [0.15, 0.2) is 24.3 Å². The Morgan fingerprint density at radius 2 is 1.88 bits per heavy atom. The van der Waals surface area contributed by atoms with Crippen LogP contribution in [-0.4, -0.2) is 21.7 Å². The molecule has 2 rings (SSSR count). The van der Waals surface area contributed by atoms with Gasteiger partial charge in [-0.3, -0.25) is 9.59 Å². The summed E-state index contributed by atoms with van der Waals surface area (Å²) >= 11 is 0. The van der Waals surface area contributed by atoms with Crippen LogP contribution in [0.5, 0.6) is 5.75 Å². The first kappa shape index (κ1) is 11.3. The second-order valence-electron chi connectivity index (χ2n) is 3.84. The predicted octanol–water partition coefficient (Wildman–Crippen LogP) is 2.35. The lowest BCUT2D eigenvalue weighted by Gasteiger charge is -2.06. The van der Waals surface area contributed by atoms with E-state index in [-0.39, 0.29) is 28.5 Å². The fraction of sp³-hybridized carbons (Fsp3) is 0.154. The van der Waals surface area contributed by atoms with Crippen LogP contribution in [0.25, 0.3) is 10.9 Å². The first-order valence-corrected chi connectivity index (χ1v) is 5.15. The Morgan fingerprint density at radius 1 is 1.18 bits per heavy atom. The maximum Gasteiger partial charge on any atom is 0.178 e. The van der Waals surface area contributed by atoms with Gasteiger partial charge < -0.3 is 5.11 Å². The average molecular weight is 229 g/mol. The second kappa shape index (κ2) is 3.97. The summed E-state index contributed by atoms with van der Waals surface area (Å²) in [7, 11) is 0. The number of hydrogen-bond donors (Lipinski definition) is 1. The molecule has 0 saturated heterocycles. The molecule has 0 bridgehead atoms. The molecule has 0 saturated carbocycles. The number of hydrogen-bond acceptors (Lipinski definition) is 4. The van der Waals surface area contributed by atoms with Crippen molar-refractivity contribution in [1.29, 1.82) is 0 Å². The molecule has 0 atom stereocenters. The summed E-state index contributed by atoms with van der Waals surface area (Å²) in [5.74, 6) is -0.434. The number of pyridine rings is 1. The first-order valence-electron chi connectivity index (χ1n) is 5.15. The SMILES string of the molecule is CC(=O)c1cc(C(C)=O)c2cccc(O)c2n1. The monoisotopic (exact) mass is 229 g/mol. The lowest BCUT2D eigenvalue weighted by Crippen LogP contribution is -2.03. The number of carbonyl (C=O) groups is 2. The molecular formula is C13H11NO3. The molecule has 1 heterocycles. The lowest BCUT2D eigenvalue weighted by molar-refractivity contribution is 0.101. The number of nitrogens with zero attached hydrogens (tertiary/aromatic N) is 1. The normalized spacial score (nSPS) is 10.5. The van der Waals surface area contributed by atoms with Gasteiger partial charge in [0.15, 0.2) is 11.6 Å². The van der Waals surface area contributed by atoms with Crippen molar-refractivity contribution in [3.8, 4) is 5.75 Å². The third-order valence-electron chi connectivity index (χ3n) is 2.56. The molecule has 1 aromatic carbocycles. The van der Waals surface area contributed by atoms with Crippen LogP contribution in [0, 0.1) is 0 Å². The van der Waals surface area contributed by atoms with Crippen molar-refractivity contribution in [2.24, 2.45) is 0 Å². The van der Waals surface area contributed by atoms with Crippen LogP contribution in [0.1, 0.15) is 34.7 Å². The van der Waals surface area contributed by atoms with Crippen molar-refractivity contribution in [2.45, 2.75) is 13.8 Å². The Balaban J connectivity index is 2.91. The molecular weight excluding hydrogens is 218 g/mol. The van der Waals surface area contributed by atoms with Crippen molar-refractivity contribution in [2.75, 3.05) is 0 Å². The number of carbonyl (C=O) groups excluding carboxylic acids is 2. The molecule has 86 valence electrons. The van der Waals surface area contributed by atoms with Gasteiger partial charge >= 0.3 is 0 Å². The molecule has 0 aliphatic rings. The molecule has 2 aromatic rings. The molecule has 0 amide bonds. The van der Waals surface area contributed by atoms with E-state index in [4.69, 9.17) is 0 Å². The number of aromatic nitrogens is 1. The van der Waals surface area contributed by atoms with Crippen LogP contribution in [0.4, 0.5) is 0 Å². The Bertz CT molecular complexity index is 632. The zero-order valence-corrected chi connectivity index (χ0v) is 9.52. The number of para-hydroxylation sites is 1. The highest BCUT2D eigenvalue weighted by Gasteiger charge is 2.13. The summed E-state index contributed by atoms with van der Waals surface area (Å²) in [4.78, 5) is 26.9. The summed E-state index contributed by atoms with van der Waals surface area (Å²) in [6.07, 6.45) is 0. The third-order valence-corrected chi connectivity index (χ3v) is 2.56. The fourth-order valence-electron chi connectivity index (χ4n) is 1.70. The lowest BCUT2D eigenvalue weighted by atomic mass is 10.0. The highest BCUT2D eigenvalue weighted by Crippen LogP contribution is 2.26. The molecule has 0 fully saturated rings. The summed E-state index contributed by atoms with van der Waals surface area (Å²) in [6.45, 7) is 2.79. The third kappa shape index (κ3) is 1.89. The molecule has 0 spiro atoms. The number of aromatic hydroxyl groups is 1. The van der Waals surface area contributed by atoms with Crippen LogP contribution >= 0.6 is 0 Å². The minimum atomic E-state index is -0.238. The van der Waals surface area contributed by atoms with Crippen LogP contribution in [-0.2, 0) is 0 Å². The molecule has 4 heteroatoms. The number of Topliss-reactive ketones (excluding diaryl/α,β-unsaturated/α-hetero) is 2. The number of phenols is 1. The standard InChI is InChI=1S/C13H11NO3/c1-7(15)10-6-11(8(2)16)14-13-9(10)4-3-5-12(13)17/h3-6,17H,1-2H3. The zero-order chi connectivity index (χ0) is 12.6. The average Bonchev–Trinajstić information content (AvgIpc) is 2.28. The minimum Gasteiger partial charge on any atom is -0.506 e. The molecule has 0 aliphatic carbocycles. The van der Waals surface area contributed by atoms with Crippen molar-refractivity contribution in [3.63, 3.8) is 0 Å². The van der Waals surface area contributed by atoms with Crippen LogP contribution < -0.4 is 0 Å². The van der Waals surface area contributed by atoms with Gasteiger partial charge in [0, 0.05) is 17.9 Å². The summed E-state index contributed by atoms with van der Waals surface area (Å²) in [5.41, 5.74) is 0.866. The minimum absolute atomic E-state index is 0.0342. The van der Waals surface area contributed by atoms with E-state index in [0.29, 0.717) is 10.9 Å². The molecule has 1 N–H and O–H groups in total. The van der Waals surface area contributed by atoms with E-state index in [1.54, 1.807) is 12.1 Å². The van der Waals surface area contributed by atoms with Gasteiger partial charge in [0.25, 0.3) is 0 Å². The van der Waals surface area contributed by atoms with E-state index >= 15 is 0 Å². The number of ketones is 2. The summed E-state index contributed by atoms with van der Waals surface area (Å²) in [5, 5.41) is 10.3. The van der Waals surface area contributed by atoms with Crippen molar-refractivity contribution >= 4 is 22.5 Å². The van der Waals surface area contributed by atoms with Crippen LogP contribution in [0.3, 0.4) is 0 Å². The van der Waals surface area contributed by atoms with Gasteiger partial charge in [0.1, 0.15) is 17.0 Å². The smallest absolute Gasteiger partial charge is 0.178 e. The van der Waals surface area contributed by atoms with Gasteiger partial charge in [0.05, 0.1) is 0 Å². The second-order valence-corrected chi connectivity index (χ2v) is 3.84. The topological polar surface area (TPSA) is 67.3 Å². The molecule has 0 aliphatic heterocycles. The van der Waals surface area contributed by atoms with E-state index < -0.39 is 0 Å². The van der Waals surface area contributed by atoms with Gasteiger partial charge in [-0.15, -0.1) is 0 Å². The van der Waals surface area contributed by atoms with E-state index in [2.05, 4.69) is 4.98 Å². The summed E-state index contributed by atoms with van der Waals surface area (Å²) < 4.78 is 0. The first-order chi connectivity index (χ1) is 8.00. The number of phenolic OH excluding ortho intramolecular Hbond substituents is 1. The Hall–Kier alpha value is -2.23. The number of fused-ring (bicyclic) bond motifs is 1. The maximum atomic E-state index is 11.5. The zero-order valence-electron chi connectivity index (χ0n) is 9.52. The van der Waals surface area contributed by atoms with Crippen molar-refractivity contribution in [3.05, 3.63) is 35.5 Å².